The molecule has 0 unspecified atom stereocenters. The smallest absolute Gasteiger partial charge is 0.390 e. The number of carbonyl (C=O) groups is 2. The van der Waals surface area contributed by atoms with E-state index in [2.05, 4.69) is 9.97 Å². The summed E-state index contributed by atoms with van der Waals surface area (Å²) in [6.07, 6.45) is -0.557. The molecule has 1 aromatic heterocycles. The maximum atomic E-state index is 12.4. The van der Waals surface area contributed by atoms with Gasteiger partial charge in [-0.3, -0.25) is 9.59 Å². The van der Waals surface area contributed by atoms with Gasteiger partial charge in [0.25, 0.3) is 12.4 Å². The monoisotopic (exact) mass is 376 g/mol. The molecule has 0 aromatic carbocycles. The van der Waals surface area contributed by atoms with Crippen molar-refractivity contribution >= 4 is 12.4 Å². The van der Waals surface area contributed by atoms with E-state index in [-0.39, 0.29) is 18.9 Å². The molecule has 1 aromatic rings. The zero-order valence-corrected chi connectivity index (χ0v) is 14.6. The van der Waals surface area contributed by atoms with Crippen molar-refractivity contribution < 1.29 is 27.9 Å². The van der Waals surface area contributed by atoms with Gasteiger partial charge in [0.2, 0.25) is 0 Å². The van der Waals surface area contributed by atoms with Gasteiger partial charge in [0.15, 0.2) is 0 Å². The minimum Gasteiger partial charge on any atom is -0.483 e. The van der Waals surface area contributed by atoms with Crippen molar-refractivity contribution in [2.75, 3.05) is 32.7 Å². The molecule has 10 heteroatoms. The van der Waals surface area contributed by atoms with E-state index < -0.39 is 12.6 Å². The lowest BCUT2D eigenvalue weighted by atomic mass is 10.2. The summed E-state index contributed by atoms with van der Waals surface area (Å²) in [6.45, 7) is 3.66. The van der Waals surface area contributed by atoms with Gasteiger partial charge in [0.05, 0.1) is 12.0 Å². The number of aryl methyl sites for hydroxylation is 1. The molecular formula is C16H23F3N4O3. The van der Waals surface area contributed by atoms with Crippen LogP contribution in [0, 0.1) is 0 Å². The van der Waals surface area contributed by atoms with E-state index in [0.717, 1.165) is 0 Å². The van der Waals surface area contributed by atoms with Crippen LogP contribution in [0.4, 0.5) is 13.2 Å². The topological polar surface area (TPSA) is 86.6 Å². The molecule has 1 N–H and O–H groups in total. The van der Waals surface area contributed by atoms with Crippen molar-refractivity contribution in [3.8, 4) is 0 Å². The molecule has 2 rings (SSSR count). The highest BCUT2D eigenvalue weighted by molar-refractivity contribution is 5.93. The summed E-state index contributed by atoms with van der Waals surface area (Å²) in [5, 5.41) is 6.89. The van der Waals surface area contributed by atoms with Gasteiger partial charge in [0, 0.05) is 45.0 Å². The second kappa shape index (κ2) is 10.7. The zero-order chi connectivity index (χ0) is 19.6. The fourth-order valence-corrected chi connectivity index (χ4v) is 2.51. The molecule has 0 saturated carbocycles. The van der Waals surface area contributed by atoms with Crippen molar-refractivity contribution in [2.24, 2.45) is 0 Å². The molecule has 146 valence electrons. The van der Waals surface area contributed by atoms with Crippen LogP contribution >= 0.6 is 0 Å². The van der Waals surface area contributed by atoms with E-state index >= 15 is 0 Å². The predicted octanol–water partition coefficient (Wildman–Crippen LogP) is 1.84. The fourth-order valence-electron chi connectivity index (χ4n) is 2.51. The Labute approximate surface area is 149 Å². The third-order valence-electron chi connectivity index (χ3n) is 3.86. The Morgan fingerprint density at radius 1 is 1.23 bits per heavy atom. The molecule has 1 fully saturated rings. The number of aromatic nitrogens is 2. The van der Waals surface area contributed by atoms with Gasteiger partial charge in [-0.2, -0.15) is 13.2 Å². The average Bonchev–Trinajstić information content (AvgIpc) is 2.85. The van der Waals surface area contributed by atoms with Gasteiger partial charge in [-0.15, -0.1) is 0 Å². The first-order valence-electron chi connectivity index (χ1n) is 8.27. The van der Waals surface area contributed by atoms with E-state index in [4.69, 9.17) is 9.90 Å². The third-order valence-corrected chi connectivity index (χ3v) is 3.86. The predicted molar refractivity (Wildman–Crippen MR) is 87.7 cm³/mol. The van der Waals surface area contributed by atoms with E-state index in [1.165, 1.54) is 12.4 Å². The third kappa shape index (κ3) is 7.77. The Kier molecular flexibility index (Phi) is 8.97. The van der Waals surface area contributed by atoms with Crippen LogP contribution in [0.1, 0.15) is 35.9 Å². The molecule has 0 bridgehead atoms. The quantitative estimate of drug-likeness (QED) is 0.807. The van der Waals surface area contributed by atoms with Crippen LogP contribution in [0.25, 0.3) is 0 Å². The largest absolute Gasteiger partial charge is 0.483 e. The number of carbonyl (C=O) groups excluding carboxylic acids is 1. The van der Waals surface area contributed by atoms with Crippen molar-refractivity contribution in [2.45, 2.75) is 32.4 Å². The summed E-state index contributed by atoms with van der Waals surface area (Å²) in [4.78, 5) is 32.4. The Balaban J connectivity index is 0.00000105. The number of amides is 1. The average molecular weight is 376 g/mol. The Hall–Kier alpha value is -2.23. The summed E-state index contributed by atoms with van der Waals surface area (Å²) < 4.78 is 36.9. The van der Waals surface area contributed by atoms with Crippen molar-refractivity contribution in [1.82, 2.24) is 19.8 Å². The van der Waals surface area contributed by atoms with Crippen LogP contribution in [0.3, 0.4) is 0 Å². The van der Waals surface area contributed by atoms with E-state index in [0.29, 0.717) is 50.4 Å². The van der Waals surface area contributed by atoms with E-state index in [1.807, 2.05) is 6.92 Å². The highest BCUT2D eigenvalue weighted by atomic mass is 19.4. The van der Waals surface area contributed by atoms with Crippen LogP contribution in [-0.2, 0) is 11.2 Å². The number of halogens is 3. The molecule has 1 saturated heterocycles. The minimum absolute atomic E-state index is 0.0140. The summed E-state index contributed by atoms with van der Waals surface area (Å²) in [5.41, 5.74) is 0.422. The van der Waals surface area contributed by atoms with Crippen LogP contribution in [0.5, 0.6) is 0 Å². The lowest BCUT2D eigenvalue weighted by molar-refractivity contribution is -0.137. The molecule has 0 spiro atoms. The standard InChI is InChI=1S/C15H21F3N4O.CH2O2/c1-2-13-19-10-12(11-20-13)14(23)22-6-3-5-21(8-9-22)7-4-15(16,17)18;2-1-3/h10-11H,2-9H2,1H3;1H,(H,2,3). The molecule has 7 nitrogen and oxygen atoms in total. The van der Waals surface area contributed by atoms with E-state index in [9.17, 15) is 18.0 Å². The molecule has 1 aliphatic heterocycles. The number of rotatable bonds is 4. The van der Waals surface area contributed by atoms with Crippen molar-refractivity contribution in [3.05, 3.63) is 23.8 Å². The maximum absolute atomic E-state index is 12.4. The fraction of sp³-hybridized carbons (Fsp3) is 0.625. The lowest BCUT2D eigenvalue weighted by Crippen LogP contribution is -2.36. The second-order valence-electron chi connectivity index (χ2n) is 5.70. The van der Waals surface area contributed by atoms with Crippen LogP contribution in [-0.4, -0.2) is 76.2 Å². The van der Waals surface area contributed by atoms with Gasteiger partial charge in [-0.1, -0.05) is 6.92 Å². The Bertz CT molecular complexity index is 567. The molecule has 1 amide bonds. The van der Waals surface area contributed by atoms with Gasteiger partial charge < -0.3 is 14.9 Å². The highest BCUT2D eigenvalue weighted by Crippen LogP contribution is 2.20. The van der Waals surface area contributed by atoms with Crippen molar-refractivity contribution in [3.63, 3.8) is 0 Å². The first-order valence-corrected chi connectivity index (χ1v) is 8.27. The molecule has 26 heavy (non-hydrogen) atoms. The number of alkyl halides is 3. The SMILES string of the molecule is CCc1ncc(C(=O)N2CCCN(CCC(F)(F)F)CC2)cn1.O=CO. The highest BCUT2D eigenvalue weighted by Gasteiger charge is 2.28. The van der Waals surface area contributed by atoms with Crippen LogP contribution in [0.2, 0.25) is 0 Å². The first kappa shape index (κ1) is 21.8. The van der Waals surface area contributed by atoms with Crippen LogP contribution < -0.4 is 0 Å². The number of hydrogen-bond donors (Lipinski definition) is 1. The summed E-state index contributed by atoms with van der Waals surface area (Å²) in [5.74, 6) is 0.515. The molecular weight excluding hydrogens is 353 g/mol. The molecule has 0 atom stereocenters. The number of carboxylic acid groups (broad SMARTS) is 1. The first-order chi connectivity index (χ1) is 12.3. The zero-order valence-electron chi connectivity index (χ0n) is 14.6. The molecule has 2 heterocycles. The molecule has 0 radical (unpaired) electrons. The Morgan fingerprint density at radius 3 is 2.38 bits per heavy atom. The summed E-state index contributed by atoms with van der Waals surface area (Å²) in [6, 6.07) is 0. The van der Waals surface area contributed by atoms with Gasteiger partial charge in [0.1, 0.15) is 5.82 Å². The van der Waals surface area contributed by atoms with Gasteiger partial charge in [-0.05, 0) is 13.0 Å². The minimum atomic E-state index is -4.14. The normalized spacial score (nSPS) is 15.6. The number of nitrogens with zero attached hydrogens (tertiary/aromatic N) is 4. The summed E-state index contributed by atoms with van der Waals surface area (Å²) in [7, 11) is 0. The van der Waals surface area contributed by atoms with Crippen molar-refractivity contribution in [1.29, 1.82) is 0 Å². The van der Waals surface area contributed by atoms with E-state index in [1.54, 1.807) is 9.80 Å². The summed E-state index contributed by atoms with van der Waals surface area (Å²) >= 11 is 0. The lowest BCUT2D eigenvalue weighted by Gasteiger charge is -2.22. The van der Waals surface area contributed by atoms with Gasteiger partial charge in [-0.25, -0.2) is 9.97 Å². The van der Waals surface area contributed by atoms with Gasteiger partial charge >= 0.3 is 6.18 Å². The molecule has 1 aliphatic rings. The van der Waals surface area contributed by atoms with Crippen LogP contribution in [0.15, 0.2) is 12.4 Å². The maximum Gasteiger partial charge on any atom is 0.390 e. The number of hydrogen-bond acceptors (Lipinski definition) is 5. The Morgan fingerprint density at radius 2 is 1.85 bits per heavy atom. The second-order valence-corrected chi connectivity index (χ2v) is 5.70. The molecule has 0 aliphatic carbocycles.